The van der Waals surface area contributed by atoms with Crippen molar-refractivity contribution in [3.05, 3.63) is 82.0 Å². The minimum absolute atomic E-state index is 0.0956. The Balaban J connectivity index is 1.33. The van der Waals surface area contributed by atoms with Gasteiger partial charge in [0, 0.05) is 23.5 Å². The predicted octanol–water partition coefficient (Wildman–Crippen LogP) is 4.85. The molecule has 2 heterocycles. The summed E-state index contributed by atoms with van der Waals surface area (Å²) in [6, 6.07) is 16.8. The number of phenols is 1. The van der Waals surface area contributed by atoms with E-state index in [1.54, 1.807) is 23.5 Å². The number of carbonyl (C=O) groups is 1. The van der Waals surface area contributed by atoms with E-state index >= 15 is 0 Å². The van der Waals surface area contributed by atoms with Crippen molar-refractivity contribution in [2.45, 2.75) is 33.2 Å². The fourth-order valence-electron chi connectivity index (χ4n) is 3.43. The highest BCUT2D eigenvalue weighted by Gasteiger charge is 2.10. The normalized spacial score (nSPS) is 10.9. The number of aromatic nitrogens is 2. The second kappa shape index (κ2) is 9.78. The van der Waals surface area contributed by atoms with Crippen molar-refractivity contribution in [2.24, 2.45) is 0 Å². The summed E-state index contributed by atoms with van der Waals surface area (Å²) in [5, 5.41) is 16.8. The maximum Gasteiger partial charge on any atom is 0.251 e. The van der Waals surface area contributed by atoms with Crippen molar-refractivity contribution in [3.63, 3.8) is 0 Å². The van der Waals surface area contributed by atoms with Gasteiger partial charge in [-0.1, -0.05) is 31.2 Å². The summed E-state index contributed by atoms with van der Waals surface area (Å²) in [5.74, 6) is 1.75. The van der Waals surface area contributed by atoms with Crippen LogP contribution < -0.4 is 10.6 Å². The van der Waals surface area contributed by atoms with Crippen molar-refractivity contribution >= 4 is 33.3 Å². The van der Waals surface area contributed by atoms with E-state index in [4.69, 9.17) is 0 Å². The largest absolute Gasteiger partial charge is 0.508 e. The molecule has 2 aromatic heterocycles. The molecule has 0 spiro atoms. The van der Waals surface area contributed by atoms with Crippen molar-refractivity contribution in [3.8, 4) is 5.75 Å². The molecule has 7 heteroatoms. The molecule has 0 saturated carbocycles. The molecule has 4 aromatic rings. The van der Waals surface area contributed by atoms with E-state index in [9.17, 15) is 9.90 Å². The number of benzene rings is 2. The Kier molecular flexibility index (Phi) is 6.66. The first-order valence-electron chi connectivity index (χ1n) is 10.7. The van der Waals surface area contributed by atoms with Crippen LogP contribution in [0.4, 0.5) is 5.82 Å². The summed E-state index contributed by atoms with van der Waals surface area (Å²) >= 11 is 1.71. The van der Waals surface area contributed by atoms with E-state index in [1.165, 1.54) is 4.88 Å². The molecule has 4 rings (SSSR count). The maximum atomic E-state index is 12.4. The fourth-order valence-corrected chi connectivity index (χ4v) is 4.44. The molecule has 164 valence electrons. The lowest BCUT2D eigenvalue weighted by Gasteiger charge is -2.09. The topological polar surface area (TPSA) is 87.1 Å². The minimum Gasteiger partial charge on any atom is -0.508 e. The van der Waals surface area contributed by atoms with Gasteiger partial charge in [-0.25, -0.2) is 9.97 Å². The molecule has 0 radical (unpaired) electrons. The zero-order valence-corrected chi connectivity index (χ0v) is 19.0. The standard InChI is InChI=1S/C25H26N4O2S/c1-3-21-14-22-23(28-16(2)29-25(22)32-21)27-15-18-4-8-19(9-5-18)24(31)26-13-12-17-6-10-20(30)11-7-17/h4-11,14,30H,3,12-13,15H2,1-2H3,(H,26,31)(H,27,28,29). The van der Waals surface area contributed by atoms with Gasteiger partial charge in [0.1, 0.15) is 22.2 Å². The lowest BCUT2D eigenvalue weighted by molar-refractivity contribution is 0.0954. The summed E-state index contributed by atoms with van der Waals surface area (Å²) in [5.41, 5.74) is 2.77. The number of rotatable bonds is 8. The first kappa shape index (κ1) is 21.8. The number of aryl methyl sites for hydroxylation is 2. The first-order valence-corrected chi connectivity index (χ1v) is 11.5. The maximum absolute atomic E-state index is 12.4. The number of hydrogen-bond donors (Lipinski definition) is 3. The Morgan fingerprint density at radius 2 is 1.75 bits per heavy atom. The molecule has 6 nitrogen and oxygen atoms in total. The number of thiophene rings is 1. The van der Waals surface area contributed by atoms with Crippen LogP contribution in [-0.4, -0.2) is 27.5 Å². The highest BCUT2D eigenvalue weighted by atomic mass is 32.1. The van der Waals surface area contributed by atoms with E-state index in [-0.39, 0.29) is 11.7 Å². The Labute approximate surface area is 191 Å². The van der Waals surface area contributed by atoms with Gasteiger partial charge in [-0.05, 0) is 61.2 Å². The zero-order chi connectivity index (χ0) is 22.5. The smallest absolute Gasteiger partial charge is 0.251 e. The summed E-state index contributed by atoms with van der Waals surface area (Å²) in [4.78, 5) is 23.8. The van der Waals surface area contributed by atoms with Crippen LogP contribution in [0, 0.1) is 6.92 Å². The van der Waals surface area contributed by atoms with E-state index in [0.29, 0.717) is 25.1 Å². The third-order valence-electron chi connectivity index (χ3n) is 5.22. The summed E-state index contributed by atoms with van der Waals surface area (Å²) < 4.78 is 0. The number of fused-ring (bicyclic) bond motifs is 1. The molecule has 0 bridgehead atoms. The van der Waals surface area contributed by atoms with Crippen LogP contribution in [0.25, 0.3) is 10.2 Å². The first-order chi connectivity index (χ1) is 15.5. The molecule has 0 aliphatic carbocycles. The molecule has 1 amide bonds. The Hall–Kier alpha value is -3.45. The number of hydrogen-bond acceptors (Lipinski definition) is 6. The quantitative estimate of drug-likeness (QED) is 0.360. The monoisotopic (exact) mass is 446 g/mol. The van der Waals surface area contributed by atoms with Gasteiger partial charge in [-0.2, -0.15) is 0 Å². The summed E-state index contributed by atoms with van der Waals surface area (Å²) in [6.45, 7) is 5.20. The van der Waals surface area contributed by atoms with Crippen LogP contribution in [0.2, 0.25) is 0 Å². The molecule has 0 fully saturated rings. The SMILES string of the molecule is CCc1cc2c(NCc3ccc(C(=O)NCCc4ccc(O)cc4)cc3)nc(C)nc2s1. The van der Waals surface area contributed by atoms with Gasteiger partial charge >= 0.3 is 0 Å². The second-order valence-corrected chi connectivity index (χ2v) is 8.74. The lowest BCUT2D eigenvalue weighted by atomic mass is 10.1. The van der Waals surface area contributed by atoms with Crippen molar-refractivity contribution in [1.29, 1.82) is 0 Å². The molecule has 0 saturated heterocycles. The highest BCUT2D eigenvalue weighted by molar-refractivity contribution is 7.18. The third-order valence-corrected chi connectivity index (χ3v) is 6.39. The van der Waals surface area contributed by atoms with Crippen LogP contribution >= 0.6 is 11.3 Å². The number of carbonyl (C=O) groups excluding carboxylic acids is 1. The number of phenolic OH excluding ortho intramolecular Hbond substituents is 1. The van der Waals surface area contributed by atoms with Crippen LogP contribution in [0.3, 0.4) is 0 Å². The molecular weight excluding hydrogens is 420 g/mol. The van der Waals surface area contributed by atoms with Crippen LogP contribution in [0.5, 0.6) is 5.75 Å². The van der Waals surface area contributed by atoms with Crippen molar-refractivity contribution in [2.75, 3.05) is 11.9 Å². The van der Waals surface area contributed by atoms with E-state index in [2.05, 4.69) is 33.6 Å². The average Bonchev–Trinajstić information content (AvgIpc) is 3.22. The fraction of sp³-hybridized carbons (Fsp3) is 0.240. The lowest BCUT2D eigenvalue weighted by Crippen LogP contribution is -2.25. The number of aromatic hydroxyl groups is 1. The van der Waals surface area contributed by atoms with Gasteiger partial charge in [0.25, 0.3) is 5.91 Å². The summed E-state index contributed by atoms with van der Waals surface area (Å²) in [7, 11) is 0. The van der Waals surface area contributed by atoms with Gasteiger partial charge in [-0.3, -0.25) is 4.79 Å². The minimum atomic E-state index is -0.0956. The Morgan fingerprint density at radius 1 is 1.03 bits per heavy atom. The molecule has 0 atom stereocenters. The van der Waals surface area contributed by atoms with Crippen LogP contribution in [0.1, 0.15) is 39.1 Å². The second-order valence-electron chi connectivity index (χ2n) is 7.63. The molecule has 0 aliphatic rings. The highest BCUT2D eigenvalue weighted by Crippen LogP contribution is 2.29. The van der Waals surface area contributed by atoms with Gasteiger partial charge in [0.2, 0.25) is 0 Å². The van der Waals surface area contributed by atoms with Crippen molar-refractivity contribution < 1.29 is 9.90 Å². The number of nitrogens with one attached hydrogen (secondary N) is 2. The van der Waals surface area contributed by atoms with Crippen LogP contribution in [-0.2, 0) is 19.4 Å². The molecule has 3 N–H and O–H groups in total. The predicted molar refractivity (Wildman–Crippen MR) is 129 cm³/mol. The molecule has 2 aromatic carbocycles. The third kappa shape index (κ3) is 5.23. The Bertz CT molecular complexity index is 1220. The number of nitrogens with zero attached hydrogens (tertiary/aromatic N) is 2. The zero-order valence-electron chi connectivity index (χ0n) is 18.2. The number of amides is 1. The van der Waals surface area contributed by atoms with Crippen molar-refractivity contribution in [1.82, 2.24) is 15.3 Å². The van der Waals surface area contributed by atoms with E-state index in [0.717, 1.165) is 39.4 Å². The molecule has 0 unspecified atom stereocenters. The van der Waals surface area contributed by atoms with Gasteiger partial charge in [-0.15, -0.1) is 11.3 Å². The Morgan fingerprint density at radius 3 is 2.47 bits per heavy atom. The van der Waals surface area contributed by atoms with Gasteiger partial charge in [0.15, 0.2) is 0 Å². The van der Waals surface area contributed by atoms with Crippen LogP contribution in [0.15, 0.2) is 54.6 Å². The van der Waals surface area contributed by atoms with E-state index in [1.807, 2.05) is 43.3 Å². The summed E-state index contributed by atoms with van der Waals surface area (Å²) in [6.07, 6.45) is 1.70. The molecule has 32 heavy (non-hydrogen) atoms. The molecular formula is C25H26N4O2S. The average molecular weight is 447 g/mol. The van der Waals surface area contributed by atoms with Gasteiger partial charge < -0.3 is 15.7 Å². The molecule has 0 aliphatic heterocycles. The van der Waals surface area contributed by atoms with Gasteiger partial charge in [0.05, 0.1) is 5.39 Å². The van der Waals surface area contributed by atoms with E-state index < -0.39 is 0 Å². The number of anilines is 1.